The Morgan fingerprint density at radius 3 is 2.61 bits per heavy atom. The van der Waals surface area contributed by atoms with Crippen molar-refractivity contribution in [1.82, 2.24) is 19.2 Å². The van der Waals surface area contributed by atoms with E-state index in [0.717, 1.165) is 29.9 Å². The van der Waals surface area contributed by atoms with Crippen molar-refractivity contribution in [3.63, 3.8) is 0 Å². The van der Waals surface area contributed by atoms with Crippen molar-refractivity contribution in [2.75, 3.05) is 20.1 Å². The maximum atomic E-state index is 11.4. The first-order valence-electron chi connectivity index (χ1n) is 10.7. The minimum absolute atomic E-state index is 0.280. The van der Waals surface area contributed by atoms with E-state index in [1.54, 1.807) is 10.7 Å². The lowest BCUT2D eigenvalue weighted by Gasteiger charge is -2.12. The van der Waals surface area contributed by atoms with Gasteiger partial charge in [0.2, 0.25) is 0 Å². The average molecular weight is 414 g/mol. The van der Waals surface area contributed by atoms with Crippen LogP contribution in [-0.2, 0) is 6.54 Å². The Morgan fingerprint density at radius 1 is 1.13 bits per heavy atom. The van der Waals surface area contributed by atoms with E-state index >= 15 is 0 Å². The minimum Gasteiger partial charge on any atom is -0.364 e. The van der Waals surface area contributed by atoms with Gasteiger partial charge in [-0.05, 0) is 74.3 Å². The van der Waals surface area contributed by atoms with Crippen LogP contribution in [0.2, 0.25) is 0 Å². The SMILES string of the molecule is Cc1cc(C(N)=O)nn1-c1ccc2c(ccn2Cc2ccc([C@@H]3CCN(C)C3)cc2)c1. The van der Waals surface area contributed by atoms with Gasteiger partial charge in [-0.3, -0.25) is 4.79 Å². The smallest absolute Gasteiger partial charge is 0.269 e. The molecule has 6 heteroatoms. The molecular formula is C25H27N5O. The summed E-state index contributed by atoms with van der Waals surface area (Å²) >= 11 is 0. The van der Waals surface area contributed by atoms with Gasteiger partial charge in [-0.2, -0.15) is 5.10 Å². The molecule has 0 bridgehead atoms. The molecule has 0 radical (unpaired) electrons. The number of aromatic nitrogens is 3. The van der Waals surface area contributed by atoms with E-state index in [2.05, 4.69) is 70.3 Å². The lowest BCUT2D eigenvalue weighted by molar-refractivity contribution is 0.0995. The molecule has 6 nitrogen and oxygen atoms in total. The van der Waals surface area contributed by atoms with Gasteiger partial charge in [0.25, 0.3) is 5.91 Å². The molecule has 3 heterocycles. The lowest BCUT2D eigenvalue weighted by Crippen LogP contribution is -2.13. The van der Waals surface area contributed by atoms with Crippen molar-refractivity contribution in [3.05, 3.63) is 83.3 Å². The number of primary amides is 1. The Kier molecular flexibility index (Phi) is 4.87. The molecule has 1 fully saturated rings. The monoisotopic (exact) mass is 413 g/mol. The Hall–Kier alpha value is -3.38. The van der Waals surface area contributed by atoms with Crippen molar-refractivity contribution in [3.8, 4) is 5.69 Å². The van der Waals surface area contributed by atoms with Crippen LogP contribution >= 0.6 is 0 Å². The summed E-state index contributed by atoms with van der Waals surface area (Å²) in [5.41, 5.74) is 11.4. The molecule has 1 saturated heterocycles. The number of aryl methyl sites for hydroxylation is 1. The number of carbonyl (C=O) groups is 1. The number of hydrogen-bond donors (Lipinski definition) is 1. The van der Waals surface area contributed by atoms with Crippen LogP contribution in [0.1, 0.15) is 39.6 Å². The maximum absolute atomic E-state index is 11.4. The van der Waals surface area contributed by atoms with E-state index in [1.807, 2.05) is 13.0 Å². The van der Waals surface area contributed by atoms with Gasteiger partial charge in [0, 0.05) is 35.9 Å². The summed E-state index contributed by atoms with van der Waals surface area (Å²) in [5, 5.41) is 5.48. The zero-order valence-corrected chi connectivity index (χ0v) is 18.0. The van der Waals surface area contributed by atoms with Crippen molar-refractivity contribution in [1.29, 1.82) is 0 Å². The molecule has 31 heavy (non-hydrogen) atoms. The summed E-state index contributed by atoms with van der Waals surface area (Å²) < 4.78 is 4.03. The standard InChI is InChI=1S/C25H27N5O/c1-17-13-23(25(26)31)27-30(17)22-7-8-24-20(14-22)10-12-29(24)15-18-3-5-19(6-4-18)21-9-11-28(2)16-21/h3-8,10,12-14,21H,9,11,15-16H2,1-2H3,(H2,26,31)/t21-/m1/s1. The number of nitrogens with two attached hydrogens (primary N) is 1. The fraction of sp³-hybridized carbons (Fsp3) is 0.280. The number of amides is 1. The number of hydrogen-bond acceptors (Lipinski definition) is 3. The number of rotatable bonds is 5. The van der Waals surface area contributed by atoms with Crippen LogP contribution in [0.15, 0.2) is 60.8 Å². The second-order valence-corrected chi connectivity index (χ2v) is 8.62. The number of likely N-dealkylation sites (tertiary alicyclic amines) is 1. The van der Waals surface area contributed by atoms with Crippen molar-refractivity contribution in [2.24, 2.45) is 5.73 Å². The Balaban J connectivity index is 1.37. The average Bonchev–Trinajstić information content (AvgIpc) is 3.47. The van der Waals surface area contributed by atoms with Gasteiger partial charge in [-0.25, -0.2) is 4.68 Å². The van der Waals surface area contributed by atoms with Crippen LogP contribution in [-0.4, -0.2) is 45.3 Å². The summed E-state index contributed by atoms with van der Waals surface area (Å²) in [7, 11) is 2.20. The summed E-state index contributed by atoms with van der Waals surface area (Å²) in [4.78, 5) is 13.8. The molecule has 4 aromatic rings. The highest BCUT2D eigenvalue weighted by Gasteiger charge is 2.20. The molecule has 1 aliphatic rings. The van der Waals surface area contributed by atoms with Gasteiger partial charge in [-0.15, -0.1) is 0 Å². The molecule has 2 N–H and O–H groups in total. The summed E-state index contributed by atoms with van der Waals surface area (Å²) in [6, 6.07) is 19.2. The molecule has 2 aromatic heterocycles. The fourth-order valence-electron chi connectivity index (χ4n) is 4.61. The van der Waals surface area contributed by atoms with Crippen molar-refractivity contribution >= 4 is 16.8 Å². The molecule has 1 amide bonds. The number of nitrogens with zero attached hydrogens (tertiary/aromatic N) is 4. The fourth-order valence-corrected chi connectivity index (χ4v) is 4.61. The first-order chi connectivity index (χ1) is 15.0. The predicted octanol–water partition coefficient (Wildman–Crippen LogP) is 3.70. The first-order valence-corrected chi connectivity index (χ1v) is 10.7. The van der Waals surface area contributed by atoms with Gasteiger partial charge in [0.05, 0.1) is 5.69 Å². The molecule has 1 aliphatic heterocycles. The third-order valence-corrected chi connectivity index (χ3v) is 6.33. The molecule has 158 valence electrons. The molecule has 1 atom stereocenters. The summed E-state index contributed by atoms with van der Waals surface area (Å²) in [6.45, 7) is 5.09. The highest BCUT2D eigenvalue weighted by molar-refractivity contribution is 5.91. The highest BCUT2D eigenvalue weighted by atomic mass is 16.1. The zero-order valence-electron chi connectivity index (χ0n) is 18.0. The Labute approximate surface area is 181 Å². The second kappa shape index (κ2) is 7.71. The molecule has 0 spiro atoms. The summed E-state index contributed by atoms with van der Waals surface area (Å²) in [6.07, 6.45) is 3.37. The van der Waals surface area contributed by atoms with Gasteiger partial charge in [0.1, 0.15) is 0 Å². The molecule has 0 unspecified atom stereocenters. The van der Waals surface area contributed by atoms with Gasteiger partial charge < -0.3 is 15.2 Å². The van der Waals surface area contributed by atoms with E-state index < -0.39 is 5.91 Å². The van der Waals surface area contributed by atoms with E-state index in [-0.39, 0.29) is 5.69 Å². The van der Waals surface area contributed by atoms with Gasteiger partial charge in [0.15, 0.2) is 5.69 Å². The van der Waals surface area contributed by atoms with Crippen molar-refractivity contribution in [2.45, 2.75) is 25.8 Å². The number of fused-ring (bicyclic) bond motifs is 1. The molecule has 0 aliphatic carbocycles. The third-order valence-electron chi connectivity index (χ3n) is 6.33. The Morgan fingerprint density at radius 2 is 1.94 bits per heavy atom. The highest BCUT2D eigenvalue weighted by Crippen LogP contribution is 2.27. The largest absolute Gasteiger partial charge is 0.364 e. The molecule has 2 aromatic carbocycles. The number of likely N-dealkylation sites (N-methyl/N-ethyl adjacent to an activating group) is 1. The van der Waals surface area contributed by atoms with Crippen LogP contribution < -0.4 is 5.73 Å². The normalized spacial score (nSPS) is 16.9. The van der Waals surface area contributed by atoms with Crippen LogP contribution in [0.25, 0.3) is 16.6 Å². The molecule has 0 saturated carbocycles. The third kappa shape index (κ3) is 3.75. The summed E-state index contributed by atoms with van der Waals surface area (Å²) in [5.74, 6) is 0.144. The quantitative estimate of drug-likeness (QED) is 0.542. The Bertz CT molecular complexity index is 1250. The zero-order chi connectivity index (χ0) is 21.5. The van der Waals surface area contributed by atoms with Crippen LogP contribution in [0.3, 0.4) is 0 Å². The minimum atomic E-state index is -0.514. The van der Waals surface area contributed by atoms with E-state index in [0.29, 0.717) is 5.92 Å². The van der Waals surface area contributed by atoms with Gasteiger partial charge in [-0.1, -0.05) is 24.3 Å². The second-order valence-electron chi connectivity index (χ2n) is 8.62. The topological polar surface area (TPSA) is 69.1 Å². The van der Waals surface area contributed by atoms with Crippen molar-refractivity contribution < 1.29 is 4.79 Å². The number of carbonyl (C=O) groups excluding carboxylic acids is 1. The van der Waals surface area contributed by atoms with Gasteiger partial charge >= 0.3 is 0 Å². The maximum Gasteiger partial charge on any atom is 0.269 e. The van der Waals surface area contributed by atoms with Crippen LogP contribution in [0, 0.1) is 6.92 Å². The number of benzene rings is 2. The van der Waals surface area contributed by atoms with E-state index in [9.17, 15) is 4.79 Å². The molecule has 5 rings (SSSR count). The van der Waals surface area contributed by atoms with Crippen LogP contribution in [0.4, 0.5) is 0 Å². The van der Waals surface area contributed by atoms with Crippen LogP contribution in [0.5, 0.6) is 0 Å². The predicted molar refractivity (Wildman–Crippen MR) is 123 cm³/mol. The lowest BCUT2D eigenvalue weighted by atomic mass is 9.97. The first kappa shape index (κ1) is 19.6. The van der Waals surface area contributed by atoms with E-state index in [1.165, 1.54) is 29.6 Å². The molecular weight excluding hydrogens is 386 g/mol. The van der Waals surface area contributed by atoms with E-state index in [4.69, 9.17) is 5.73 Å².